The lowest BCUT2D eigenvalue weighted by atomic mass is 10.1. The van der Waals surface area contributed by atoms with Crippen LogP contribution in [0.25, 0.3) is 0 Å². The number of imidazole rings is 1. The molecule has 0 atom stereocenters. The number of rotatable bonds is 8. The average molecular weight is 536 g/mol. The second-order valence-corrected chi connectivity index (χ2v) is 9.52. The van der Waals surface area contributed by atoms with E-state index >= 15 is 0 Å². The molecule has 0 saturated heterocycles. The summed E-state index contributed by atoms with van der Waals surface area (Å²) in [4.78, 5) is 10.8. The molecule has 0 radical (unpaired) electrons. The number of aryl methyl sites for hydroxylation is 1. The van der Waals surface area contributed by atoms with Gasteiger partial charge in [-0.3, -0.25) is 0 Å². The van der Waals surface area contributed by atoms with E-state index in [2.05, 4.69) is 30.8 Å². The van der Waals surface area contributed by atoms with Crippen LogP contribution in [0.15, 0.2) is 73.2 Å². The van der Waals surface area contributed by atoms with Gasteiger partial charge in [-0.2, -0.15) is 5.26 Å². The van der Waals surface area contributed by atoms with Gasteiger partial charge >= 0.3 is 0 Å². The van der Waals surface area contributed by atoms with E-state index in [1.807, 2.05) is 74.0 Å². The molecule has 36 heavy (non-hydrogen) atoms. The quantitative estimate of drug-likeness (QED) is 0.212. The third-order valence-electron chi connectivity index (χ3n) is 5.71. The maximum Gasteiger partial charge on any atom is 0.173 e. The van der Waals surface area contributed by atoms with E-state index in [-0.39, 0.29) is 0 Å². The number of aromatic nitrogens is 3. The second-order valence-electron chi connectivity index (χ2n) is 8.34. The number of hydrogen-bond acceptors (Lipinski definition) is 4. The maximum absolute atomic E-state index is 9.03. The molecule has 182 valence electrons. The number of nitriles is 1. The van der Waals surface area contributed by atoms with Crippen molar-refractivity contribution in [1.29, 1.82) is 5.26 Å². The highest BCUT2D eigenvalue weighted by Crippen LogP contribution is 2.21. The lowest BCUT2D eigenvalue weighted by Gasteiger charge is -2.26. The van der Waals surface area contributed by atoms with Crippen LogP contribution < -0.4 is 5.32 Å². The fourth-order valence-corrected chi connectivity index (χ4v) is 4.32. The van der Waals surface area contributed by atoms with Crippen molar-refractivity contribution < 1.29 is 0 Å². The molecule has 4 rings (SSSR count). The van der Waals surface area contributed by atoms with Crippen LogP contribution in [-0.2, 0) is 19.5 Å². The van der Waals surface area contributed by atoms with Crippen molar-refractivity contribution in [3.05, 3.63) is 111 Å². The Kier molecular flexibility index (Phi) is 8.55. The van der Waals surface area contributed by atoms with Crippen LogP contribution in [0, 0.1) is 18.3 Å². The van der Waals surface area contributed by atoms with Crippen molar-refractivity contribution in [2.45, 2.75) is 26.4 Å². The van der Waals surface area contributed by atoms with Crippen LogP contribution in [0.2, 0.25) is 10.2 Å². The first-order valence-corrected chi connectivity index (χ1v) is 12.5. The Morgan fingerprint density at radius 2 is 1.94 bits per heavy atom. The highest BCUT2D eigenvalue weighted by molar-refractivity contribution is 7.80. The number of nitrogens with one attached hydrogen (secondary N) is 1. The zero-order valence-electron chi connectivity index (χ0n) is 19.7. The molecule has 0 spiro atoms. The molecular formula is C27H24Cl2N6S. The molecule has 1 N–H and O–H groups in total. The maximum atomic E-state index is 9.03. The van der Waals surface area contributed by atoms with Gasteiger partial charge in [0.05, 0.1) is 30.2 Å². The lowest BCUT2D eigenvalue weighted by Crippen LogP contribution is -2.36. The third-order valence-corrected chi connectivity index (χ3v) is 6.69. The molecule has 2 aromatic carbocycles. The molecule has 4 aromatic rings. The smallest absolute Gasteiger partial charge is 0.173 e. The predicted octanol–water partition coefficient (Wildman–Crippen LogP) is 6.26. The molecule has 0 aliphatic carbocycles. The number of benzene rings is 2. The number of anilines is 1. The molecule has 0 amide bonds. The molecule has 9 heteroatoms. The van der Waals surface area contributed by atoms with Crippen molar-refractivity contribution >= 4 is 46.2 Å². The van der Waals surface area contributed by atoms with Gasteiger partial charge in [0, 0.05) is 42.1 Å². The summed E-state index contributed by atoms with van der Waals surface area (Å²) < 4.78 is 2.10. The minimum Gasteiger partial charge on any atom is -0.343 e. The highest BCUT2D eigenvalue weighted by Gasteiger charge is 2.14. The van der Waals surface area contributed by atoms with Gasteiger partial charge in [0.15, 0.2) is 5.11 Å². The van der Waals surface area contributed by atoms with Gasteiger partial charge in [-0.05, 0) is 66.7 Å². The number of thiocarbonyl (C=S) groups is 1. The SMILES string of the molecule is Cc1ccc(NC(=S)N(CCc2cncn2Cc2ccc(C#N)cc2)Cc2cccc(Cl)n2)cc1Cl. The van der Waals surface area contributed by atoms with E-state index in [1.54, 1.807) is 6.07 Å². The Morgan fingerprint density at radius 3 is 2.67 bits per heavy atom. The third kappa shape index (κ3) is 6.82. The van der Waals surface area contributed by atoms with Crippen molar-refractivity contribution in [3.63, 3.8) is 0 Å². The Hall–Kier alpha value is -3.44. The van der Waals surface area contributed by atoms with Crippen molar-refractivity contribution in [1.82, 2.24) is 19.4 Å². The Balaban J connectivity index is 1.49. The summed E-state index contributed by atoms with van der Waals surface area (Å²) in [6, 6.07) is 21.1. The van der Waals surface area contributed by atoms with Crippen molar-refractivity contribution in [2.75, 3.05) is 11.9 Å². The summed E-state index contributed by atoms with van der Waals surface area (Å²) >= 11 is 18.2. The Labute approximate surface area is 226 Å². The average Bonchev–Trinajstić information content (AvgIpc) is 3.31. The van der Waals surface area contributed by atoms with Gasteiger partial charge in [0.2, 0.25) is 0 Å². The van der Waals surface area contributed by atoms with Crippen LogP contribution in [0.5, 0.6) is 0 Å². The van der Waals surface area contributed by atoms with E-state index < -0.39 is 0 Å². The van der Waals surface area contributed by atoms with Crippen LogP contribution in [0.4, 0.5) is 5.69 Å². The summed E-state index contributed by atoms with van der Waals surface area (Å²) in [5, 5.41) is 14.0. The number of pyridine rings is 1. The summed E-state index contributed by atoms with van der Waals surface area (Å²) in [5.74, 6) is 0. The first-order chi connectivity index (χ1) is 17.4. The number of halogens is 2. The molecule has 2 aromatic heterocycles. The van der Waals surface area contributed by atoms with Gasteiger partial charge in [-0.25, -0.2) is 9.97 Å². The van der Waals surface area contributed by atoms with Gasteiger partial charge < -0.3 is 14.8 Å². The number of nitrogens with zero attached hydrogens (tertiary/aromatic N) is 5. The van der Waals surface area contributed by atoms with Gasteiger partial charge in [-0.1, -0.05) is 47.5 Å². The van der Waals surface area contributed by atoms with Gasteiger partial charge in [0.1, 0.15) is 5.15 Å². The lowest BCUT2D eigenvalue weighted by molar-refractivity contribution is 0.413. The molecule has 0 bridgehead atoms. The topological polar surface area (TPSA) is 69.8 Å². The number of hydrogen-bond donors (Lipinski definition) is 1. The Morgan fingerprint density at radius 1 is 1.14 bits per heavy atom. The molecule has 2 heterocycles. The summed E-state index contributed by atoms with van der Waals surface area (Å²) in [6.45, 7) is 3.76. The predicted molar refractivity (Wildman–Crippen MR) is 148 cm³/mol. The highest BCUT2D eigenvalue weighted by atomic mass is 35.5. The standard InChI is InChI=1S/C27H24Cl2N6S/c1-19-5-10-22(13-25(19)28)33-27(36)34(17-23-3-2-4-26(29)32-23)12-11-24-15-31-18-35(24)16-21-8-6-20(14-30)7-9-21/h2-10,13,15,18H,11-12,16-17H2,1H3,(H,33,36). The van der Waals surface area contributed by atoms with Crippen LogP contribution in [0.3, 0.4) is 0 Å². The molecule has 0 aliphatic heterocycles. The van der Waals surface area contributed by atoms with Crippen molar-refractivity contribution in [2.24, 2.45) is 0 Å². The van der Waals surface area contributed by atoms with Crippen molar-refractivity contribution in [3.8, 4) is 6.07 Å². The second kappa shape index (κ2) is 12.0. The molecular weight excluding hydrogens is 511 g/mol. The zero-order valence-corrected chi connectivity index (χ0v) is 22.0. The minimum atomic E-state index is 0.442. The molecule has 0 saturated carbocycles. The van der Waals surface area contributed by atoms with Gasteiger partial charge in [0.25, 0.3) is 0 Å². The molecule has 0 fully saturated rings. The van der Waals surface area contributed by atoms with Gasteiger partial charge in [-0.15, -0.1) is 0 Å². The van der Waals surface area contributed by atoms with E-state index in [0.29, 0.717) is 46.9 Å². The normalized spacial score (nSPS) is 10.6. The first-order valence-electron chi connectivity index (χ1n) is 11.3. The van der Waals surface area contributed by atoms with Crippen LogP contribution in [0.1, 0.15) is 28.1 Å². The van der Waals surface area contributed by atoms with E-state index in [4.69, 9.17) is 40.7 Å². The summed E-state index contributed by atoms with van der Waals surface area (Å²) in [6.07, 6.45) is 4.41. The fourth-order valence-electron chi connectivity index (χ4n) is 3.69. The van der Waals surface area contributed by atoms with Crippen LogP contribution >= 0.6 is 35.4 Å². The van der Waals surface area contributed by atoms with E-state index in [0.717, 1.165) is 28.2 Å². The first kappa shape index (κ1) is 25.6. The minimum absolute atomic E-state index is 0.442. The Bertz CT molecular complexity index is 1390. The van der Waals surface area contributed by atoms with Crippen LogP contribution in [-0.4, -0.2) is 31.1 Å². The molecule has 6 nitrogen and oxygen atoms in total. The fraction of sp³-hybridized carbons (Fsp3) is 0.185. The molecule has 0 aliphatic rings. The molecule has 0 unspecified atom stereocenters. The largest absolute Gasteiger partial charge is 0.343 e. The summed E-state index contributed by atoms with van der Waals surface area (Å²) in [5.41, 5.74) is 5.46. The summed E-state index contributed by atoms with van der Waals surface area (Å²) in [7, 11) is 0. The monoisotopic (exact) mass is 534 g/mol. The van der Waals surface area contributed by atoms with E-state index in [9.17, 15) is 0 Å². The zero-order chi connectivity index (χ0) is 25.5. The van der Waals surface area contributed by atoms with E-state index in [1.165, 1.54) is 0 Å².